The van der Waals surface area contributed by atoms with Gasteiger partial charge in [-0.25, -0.2) is 0 Å². The van der Waals surface area contributed by atoms with E-state index >= 15 is 0 Å². The topological polar surface area (TPSA) is 38.7 Å². The molecule has 0 bridgehead atoms. The molecule has 2 rings (SSSR count). The van der Waals surface area contributed by atoms with Crippen molar-refractivity contribution < 1.29 is 14.6 Å². The number of aliphatic hydroxyl groups is 1. The Morgan fingerprint density at radius 2 is 1.69 bits per heavy atom. The average molecular weight is 222 g/mol. The summed E-state index contributed by atoms with van der Waals surface area (Å²) in [6, 6.07) is 3.87. The van der Waals surface area contributed by atoms with Crippen LogP contribution < -0.4 is 9.47 Å². The van der Waals surface area contributed by atoms with Crippen LogP contribution in [0.15, 0.2) is 12.1 Å². The van der Waals surface area contributed by atoms with Crippen LogP contribution in [0.2, 0.25) is 0 Å². The van der Waals surface area contributed by atoms with Crippen molar-refractivity contribution >= 4 is 0 Å². The van der Waals surface area contributed by atoms with Gasteiger partial charge in [0.25, 0.3) is 0 Å². The predicted molar refractivity (Wildman–Crippen MR) is 62.1 cm³/mol. The van der Waals surface area contributed by atoms with Gasteiger partial charge in [0.1, 0.15) is 13.2 Å². The number of rotatable bonds is 1. The molecule has 0 unspecified atom stereocenters. The molecule has 0 aromatic heterocycles. The molecule has 3 nitrogen and oxygen atoms in total. The molecule has 3 heteroatoms. The molecule has 0 fully saturated rings. The van der Waals surface area contributed by atoms with Gasteiger partial charge in [-0.05, 0) is 28.7 Å². The summed E-state index contributed by atoms with van der Waals surface area (Å²) in [5, 5.41) is 9.39. The van der Waals surface area contributed by atoms with E-state index in [1.807, 2.05) is 12.1 Å². The third-order valence-electron chi connectivity index (χ3n) is 2.75. The predicted octanol–water partition coefficient (Wildman–Crippen LogP) is 2.25. The van der Waals surface area contributed by atoms with Crippen LogP contribution in [0.5, 0.6) is 11.5 Å². The zero-order valence-electron chi connectivity index (χ0n) is 10.0. The molecule has 1 aliphatic heterocycles. The second kappa shape index (κ2) is 3.98. The molecule has 1 aromatic carbocycles. The molecule has 16 heavy (non-hydrogen) atoms. The van der Waals surface area contributed by atoms with E-state index in [4.69, 9.17) is 9.47 Å². The molecule has 1 aliphatic rings. The first kappa shape index (κ1) is 11.3. The van der Waals surface area contributed by atoms with Crippen LogP contribution in [0.4, 0.5) is 0 Å². The SMILES string of the molecule is CC(C)(C)c1cc2c(cc1CO)OCCO2. The number of hydrogen-bond acceptors (Lipinski definition) is 3. The summed E-state index contributed by atoms with van der Waals surface area (Å²) in [5.74, 6) is 1.52. The highest BCUT2D eigenvalue weighted by Crippen LogP contribution is 2.37. The van der Waals surface area contributed by atoms with E-state index in [9.17, 15) is 5.11 Å². The van der Waals surface area contributed by atoms with Gasteiger partial charge in [-0.15, -0.1) is 0 Å². The lowest BCUT2D eigenvalue weighted by molar-refractivity contribution is 0.170. The van der Waals surface area contributed by atoms with Gasteiger partial charge in [-0.2, -0.15) is 0 Å². The van der Waals surface area contributed by atoms with Gasteiger partial charge in [-0.3, -0.25) is 0 Å². The minimum atomic E-state index is -0.00605. The van der Waals surface area contributed by atoms with E-state index in [1.165, 1.54) is 0 Å². The van der Waals surface area contributed by atoms with E-state index in [0.717, 1.165) is 22.6 Å². The van der Waals surface area contributed by atoms with Gasteiger partial charge in [-0.1, -0.05) is 20.8 Å². The van der Waals surface area contributed by atoms with Crippen molar-refractivity contribution in [3.63, 3.8) is 0 Å². The van der Waals surface area contributed by atoms with E-state index in [2.05, 4.69) is 20.8 Å². The largest absolute Gasteiger partial charge is 0.486 e. The van der Waals surface area contributed by atoms with Gasteiger partial charge >= 0.3 is 0 Å². The molecule has 0 saturated heterocycles. The molecular formula is C13H18O3. The van der Waals surface area contributed by atoms with Crippen molar-refractivity contribution in [3.8, 4) is 11.5 Å². The molecule has 88 valence electrons. The Morgan fingerprint density at radius 3 is 2.19 bits per heavy atom. The zero-order valence-corrected chi connectivity index (χ0v) is 10.0. The van der Waals surface area contributed by atoms with Crippen LogP contribution in [0, 0.1) is 0 Å². The second-order valence-electron chi connectivity index (χ2n) is 5.06. The Kier molecular flexibility index (Phi) is 2.80. The maximum atomic E-state index is 9.39. The van der Waals surface area contributed by atoms with Gasteiger partial charge in [0.05, 0.1) is 6.61 Å². The van der Waals surface area contributed by atoms with Crippen LogP contribution in [0.25, 0.3) is 0 Å². The highest BCUT2D eigenvalue weighted by Gasteiger charge is 2.22. The third kappa shape index (κ3) is 2.00. The Hall–Kier alpha value is -1.22. The monoisotopic (exact) mass is 222 g/mol. The molecule has 1 aromatic rings. The Balaban J connectivity index is 2.52. The second-order valence-corrected chi connectivity index (χ2v) is 5.06. The quantitative estimate of drug-likeness (QED) is 0.792. The fraction of sp³-hybridized carbons (Fsp3) is 0.538. The molecule has 0 aliphatic carbocycles. The number of aliphatic hydroxyl groups excluding tert-OH is 1. The minimum Gasteiger partial charge on any atom is -0.486 e. The number of hydrogen-bond donors (Lipinski definition) is 1. The van der Waals surface area contributed by atoms with Crippen LogP contribution in [0.1, 0.15) is 31.9 Å². The van der Waals surface area contributed by atoms with Crippen molar-refractivity contribution in [2.45, 2.75) is 32.8 Å². The standard InChI is InChI=1S/C13H18O3/c1-13(2,3)10-7-12-11(6-9(10)8-14)15-4-5-16-12/h6-7,14H,4-5,8H2,1-3H3. The number of ether oxygens (including phenoxy) is 2. The Labute approximate surface area is 96.0 Å². The first-order valence-electron chi connectivity index (χ1n) is 5.56. The molecule has 0 amide bonds. The van der Waals surface area contributed by atoms with Crippen molar-refractivity contribution in [1.82, 2.24) is 0 Å². The number of benzene rings is 1. The van der Waals surface area contributed by atoms with Gasteiger partial charge in [0.2, 0.25) is 0 Å². The van der Waals surface area contributed by atoms with Crippen LogP contribution in [-0.2, 0) is 12.0 Å². The first-order chi connectivity index (χ1) is 7.52. The van der Waals surface area contributed by atoms with Gasteiger partial charge in [0, 0.05) is 0 Å². The summed E-state index contributed by atoms with van der Waals surface area (Å²) >= 11 is 0. The molecule has 1 heterocycles. The summed E-state index contributed by atoms with van der Waals surface area (Å²) in [6.45, 7) is 7.57. The summed E-state index contributed by atoms with van der Waals surface area (Å²) in [6.07, 6.45) is 0. The fourth-order valence-electron chi connectivity index (χ4n) is 1.96. The van der Waals surface area contributed by atoms with E-state index in [1.54, 1.807) is 0 Å². The zero-order chi connectivity index (χ0) is 11.8. The minimum absolute atomic E-state index is 0.00605. The molecule has 0 saturated carbocycles. The van der Waals surface area contributed by atoms with E-state index < -0.39 is 0 Å². The highest BCUT2D eigenvalue weighted by molar-refractivity contribution is 5.50. The molecule has 0 radical (unpaired) electrons. The van der Waals surface area contributed by atoms with Gasteiger partial charge < -0.3 is 14.6 Å². The summed E-state index contributed by atoms with van der Waals surface area (Å²) in [4.78, 5) is 0. The summed E-state index contributed by atoms with van der Waals surface area (Å²) in [7, 11) is 0. The van der Waals surface area contributed by atoms with E-state index in [-0.39, 0.29) is 12.0 Å². The molecule has 0 spiro atoms. The highest BCUT2D eigenvalue weighted by atomic mass is 16.6. The summed E-state index contributed by atoms with van der Waals surface area (Å²) < 4.78 is 11.0. The maximum absolute atomic E-state index is 9.39. The molecule has 0 atom stereocenters. The smallest absolute Gasteiger partial charge is 0.161 e. The van der Waals surface area contributed by atoms with Crippen LogP contribution >= 0.6 is 0 Å². The third-order valence-corrected chi connectivity index (χ3v) is 2.75. The van der Waals surface area contributed by atoms with Crippen molar-refractivity contribution in [2.75, 3.05) is 13.2 Å². The normalized spacial score (nSPS) is 15.0. The number of fused-ring (bicyclic) bond motifs is 1. The van der Waals surface area contributed by atoms with Crippen molar-refractivity contribution in [1.29, 1.82) is 0 Å². The fourth-order valence-corrected chi connectivity index (χ4v) is 1.96. The first-order valence-corrected chi connectivity index (χ1v) is 5.56. The molecular weight excluding hydrogens is 204 g/mol. The van der Waals surface area contributed by atoms with Crippen molar-refractivity contribution in [3.05, 3.63) is 23.3 Å². The average Bonchev–Trinajstić information content (AvgIpc) is 2.26. The Morgan fingerprint density at radius 1 is 1.12 bits per heavy atom. The van der Waals surface area contributed by atoms with Crippen LogP contribution in [-0.4, -0.2) is 18.3 Å². The lowest BCUT2D eigenvalue weighted by atomic mass is 9.83. The lowest BCUT2D eigenvalue weighted by Crippen LogP contribution is -2.19. The van der Waals surface area contributed by atoms with Gasteiger partial charge in [0.15, 0.2) is 11.5 Å². The molecule has 1 N–H and O–H groups in total. The lowest BCUT2D eigenvalue weighted by Gasteiger charge is -2.26. The summed E-state index contributed by atoms with van der Waals surface area (Å²) in [5.41, 5.74) is 2.02. The maximum Gasteiger partial charge on any atom is 0.161 e. The van der Waals surface area contributed by atoms with Crippen LogP contribution in [0.3, 0.4) is 0 Å². The Bertz CT molecular complexity index is 391. The van der Waals surface area contributed by atoms with E-state index in [0.29, 0.717) is 13.2 Å². The van der Waals surface area contributed by atoms with Crippen molar-refractivity contribution in [2.24, 2.45) is 0 Å².